The summed E-state index contributed by atoms with van der Waals surface area (Å²) in [6, 6.07) is 9.81. The van der Waals surface area contributed by atoms with E-state index in [0.717, 1.165) is 24.1 Å². The Labute approximate surface area is 161 Å². The Hall–Kier alpha value is -1.56. The SMILES string of the molecule is CC1(C)CN(C(=O)c2ccccc2Cn2cccn2)CCC1N.Cl.Cl. The molecule has 1 aromatic heterocycles. The predicted molar refractivity (Wildman–Crippen MR) is 105 cm³/mol. The van der Waals surface area contributed by atoms with Gasteiger partial charge in [0.05, 0.1) is 6.54 Å². The molecule has 2 N–H and O–H groups in total. The lowest BCUT2D eigenvalue weighted by Crippen LogP contribution is -2.54. The van der Waals surface area contributed by atoms with Crippen molar-refractivity contribution in [2.75, 3.05) is 13.1 Å². The number of hydrogen-bond donors (Lipinski definition) is 1. The van der Waals surface area contributed by atoms with Crippen LogP contribution < -0.4 is 5.73 Å². The Morgan fingerprint density at radius 3 is 2.64 bits per heavy atom. The van der Waals surface area contributed by atoms with Gasteiger partial charge in [0.25, 0.3) is 5.91 Å². The van der Waals surface area contributed by atoms with Crippen molar-refractivity contribution in [3.63, 3.8) is 0 Å². The van der Waals surface area contributed by atoms with Crippen molar-refractivity contribution in [2.45, 2.75) is 32.9 Å². The van der Waals surface area contributed by atoms with Crippen LogP contribution in [0.1, 0.15) is 36.2 Å². The van der Waals surface area contributed by atoms with Crippen LogP contribution in [0.25, 0.3) is 0 Å². The maximum Gasteiger partial charge on any atom is 0.254 e. The largest absolute Gasteiger partial charge is 0.338 e. The summed E-state index contributed by atoms with van der Waals surface area (Å²) < 4.78 is 1.84. The fourth-order valence-corrected chi connectivity index (χ4v) is 3.15. The molecule has 1 aromatic carbocycles. The van der Waals surface area contributed by atoms with Crippen LogP contribution in [0.2, 0.25) is 0 Å². The second-order valence-electron chi connectivity index (χ2n) is 6.97. The zero-order valence-corrected chi connectivity index (χ0v) is 16.2. The molecule has 3 rings (SSSR count). The summed E-state index contributed by atoms with van der Waals surface area (Å²) in [6.45, 7) is 6.29. The van der Waals surface area contributed by atoms with Crippen LogP contribution in [0.5, 0.6) is 0 Å². The van der Waals surface area contributed by atoms with Crippen LogP contribution in [-0.4, -0.2) is 39.7 Å². The molecule has 0 spiro atoms. The summed E-state index contributed by atoms with van der Waals surface area (Å²) in [4.78, 5) is 14.9. The molecule has 0 radical (unpaired) electrons. The molecule has 2 heterocycles. The maximum absolute atomic E-state index is 13.0. The number of carbonyl (C=O) groups excluding carboxylic acids is 1. The molecular weight excluding hydrogens is 359 g/mol. The number of nitrogens with zero attached hydrogens (tertiary/aromatic N) is 3. The molecule has 1 unspecified atom stereocenters. The quantitative estimate of drug-likeness (QED) is 0.884. The smallest absolute Gasteiger partial charge is 0.254 e. The van der Waals surface area contributed by atoms with Gasteiger partial charge >= 0.3 is 0 Å². The molecule has 138 valence electrons. The number of nitrogens with two attached hydrogens (primary N) is 1. The molecule has 1 aliphatic heterocycles. The number of likely N-dealkylation sites (tertiary alicyclic amines) is 1. The third-order valence-corrected chi connectivity index (χ3v) is 4.74. The minimum atomic E-state index is -0.0508. The van der Waals surface area contributed by atoms with E-state index in [2.05, 4.69) is 18.9 Å². The van der Waals surface area contributed by atoms with Crippen LogP contribution in [-0.2, 0) is 6.54 Å². The molecule has 7 heteroatoms. The van der Waals surface area contributed by atoms with Crippen molar-refractivity contribution in [3.8, 4) is 0 Å². The maximum atomic E-state index is 13.0. The van der Waals surface area contributed by atoms with E-state index in [1.54, 1.807) is 6.20 Å². The van der Waals surface area contributed by atoms with Gasteiger partial charge in [-0.25, -0.2) is 0 Å². The molecule has 1 fully saturated rings. The molecular formula is C18H26Cl2N4O. The van der Waals surface area contributed by atoms with Crippen molar-refractivity contribution < 1.29 is 4.79 Å². The number of halogens is 2. The lowest BCUT2D eigenvalue weighted by molar-refractivity contribution is 0.0532. The number of amides is 1. The highest BCUT2D eigenvalue weighted by molar-refractivity contribution is 5.95. The fraction of sp³-hybridized carbons (Fsp3) is 0.444. The lowest BCUT2D eigenvalue weighted by Gasteiger charge is -2.42. The summed E-state index contributed by atoms with van der Waals surface area (Å²) in [7, 11) is 0. The number of hydrogen-bond acceptors (Lipinski definition) is 3. The molecule has 5 nitrogen and oxygen atoms in total. The van der Waals surface area contributed by atoms with Gasteiger partial charge in [0.1, 0.15) is 0 Å². The van der Waals surface area contributed by atoms with E-state index in [1.165, 1.54) is 0 Å². The lowest BCUT2D eigenvalue weighted by atomic mass is 9.79. The van der Waals surface area contributed by atoms with Crippen LogP contribution in [0, 0.1) is 5.41 Å². The van der Waals surface area contributed by atoms with Gasteiger partial charge in [0.2, 0.25) is 0 Å². The van der Waals surface area contributed by atoms with Gasteiger partial charge in [-0.15, -0.1) is 24.8 Å². The van der Waals surface area contributed by atoms with Crippen molar-refractivity contribution in [2.24, 2.45) is 11.1 Å². The highest BCUT2D eigenvalue weighted by Gasteiger charge is 2.35. The average Bonchev–Trinajstić information content (AvgIpc) is 3.03. The van der Waals surface area contributed by atoms with Crippen LogP contribution in [0.15, 0.2) is 42.7 Å². The highest BCUT2D eigenvalue weighted by Crippen LogP contribution is 2.29. The van der Waals surface area contributed by atoms with Crippen LogP contribution in [0.3, 0.4) is 0 Å². The summed E-state index contributed by atoms with van der Waals surface area (Å²) >= 11 is 0. The van der Waals surface area contributed by atoms with E-state index < -0.39 is 0 Å². The van der Waals surface area contributed by atoms with Crippen molar-refractivity contribution >= 4 is 30.7 Å². The Morgan fingerprint density at radius 2 is 2.00 bits per heavy atom. The minimum absolute atomic E-state index is 0. The zero-order chi connectivity index (χ0) is 16.4. The first-order chi connectivity index (χ1) is 11.0. The van der Waals surface area contributed by atoms with E-state index in [0.29, 0.717) is 13.1 Å². The first-order valence-corrected chi connectivity index (χ1v) is 8.07. The van der Waals surface area contributed by atoms with E-state index >= 15 is 0 Å². The predicted octanol–water partition coefficient (Wildman–Crippen LogP) is 2.97. The van der Waals surface area contributed by atoms with Crippen LogP contribution >= 0.6 is 24.8 Å². The number of piperidine rings is 1. The topological polar surface area (TPSA) is 64.2 Å². The molecule has 0 aliphatic carbocycles. The van der Waals surface area contributed by atoms with E-state index in [-0.39, 0.29) is 42.2 Å². The average molecular weight is 385 g/mol. The number of aromatic nitrogens is 2. The van der Waals surface area contributed by atoms with Crippen molar-refractivity contribution in [3.05, 3.63) is 53.9 Å². The third kappa shape index (κ3) is 4.75. The number of benzene rings is 1. The third-order valence-electron chi connectivity index (χ3n) is 4.74. The number of rotatable bonds is 3. The van der Waals surface area contributed by atoms with Gasteiger partial charge in [0.15, 0.2) is 0 Å². The molecule has 1 saturated heterocycles. The molecule has 25 heavy (non-hydrogen) atoms. The minimum Gasteiger partial charge on any atom is -0.338 e. The van der Waals surface area contributed by atoms with Gasteiger partial charge in [-0.2, -0.15) is 5.10 Å². The normalized spacial score (nSPS) is 18.8. The Balaban J connectivity index is 0.00000156. The van der Waals surface area contributed by atoms with Gasteiger partial charge < -0.3 is 10.6 Å². The Kier molecular flexibility index (Phi) is 7.47. The fourth-order valence-electron chi connectivity index (χ4n) is 3.15. The monoisotopic (exact) mass is 384 g/mol. The summed E-state index contributed by atoms with van der Waals surface area (Å²) in [5.41, 5.74) is 7.89. The van der Waals surface area contributed by atoms with Gasteiger partial charge in [-0.3, -0.25) is 9.48 Å². The van der Waals surface area contributed by atoms with Gasteiger partial charge in [-0.05, 0) is 29.5 Å². The molecule has 1 amide bonds. The second kappa shape index (κ2) is 8.70. The Morgan fingerprint density at radius 1 is 1.28 bits per heavy atom. The summed E-state index contributed by atoms with van der Waals surface area (Å²) in [6.07, 6.45) is 4.50. The molecule has 0 saturated carbocycles. The molecule has 1 aliphatic rings. The number of carbonyl (C=O) groups is 1. The standard InChI is InChI=1S/C18H24N4O.2ClH/c1-18(2)13-21(11-8-16(18)19)17(23)15-7-4-3-6-14(15)12-22-10-5-9-20-22;;/h3-7,9-10,16H,8,11-13,19H2,1-2H3;2*1H. The van der Waals surface area contributed by atoms with E-state index in [4.69, 9.17) is 5.73 Å². The second-order valence-corrected chi connectivity index (χ2v) is 6.97. The first-order valence-electron chi connectivity index (χ1n) is 8.07. The highest BCUT2D eigenvalue weighted by atomic mass is 35.5. The van der Waals surface area contributed by atoms with Gasteiger partial charge in [-0.1, -0.05) is 32.0 Å². The van der Waals surface area contributed by atoms with Gasteiger partial charge in [0, 0.05) is 37.1 Å². The zero-order valence-electron chi connectivity index (χ0n) is 14.6. The Bertz CT molecular complexity index is 688. The summed E-state index contributed by atoms with van der Waals surface area (Å²) in [5, 5.41) is 4.23. The molecule has 0 bridgehead atoms. The van der Waals surface area contributed by atoms with E-state index in [9.17, 15) is 4.79 Å². The first kappa shape index (κ1) is 21.5. The summed E-state index contributed by atoms with van der Waals surface area (Å²) in [5.74, 6) is 0.0905. The van der Waals surface area contributed by atoms with E-state index in [1.807, 2.05) is 46.1 Å². The van der Waals surface area contributed by atoms with Crippen molar-refractivity contribution in [1.29, 1.82) is 0 Å². The van der Waals surface area contributed by atoms with Crippen LogP contribution in [0.4, 0.5) is 0 Å². The molecule has 1 atom stereocenters. The molecule has 2 aromatic rings. The van der Waals surface area contributed by atoms with Crippen molar-refractivity contribution in [1.82, 2.24) is 14.7 Å².